The summed E-state index contributed by atoms with van der Waals surface area (Å²) in [5.74, 6) is 5.60. The van der Waals surface area contributed by atoms with Gasteiger partial charge < -0.3 is 9.84 Å². The maximum Gasteiger partial charge on any atom is 0.304 e. The van der Waals surface area contributed by atoms with E-state index in [0.29, 0.717) is 31.0 Å². The molecule has 0 spiro atoms. The minimum absolute atomic E-state index is 0.0189. The van der Waals surface area contributed by atoms with Gasteiger partial charge in [-0.1, -0.05) is 62.3 Å². The van der Waals surface area contributed by atoms with Crippen molar-refractivity contribution < 1.29 is 19.4 Å². The van der Waals surface area contributed by atoms with Crippen molar-refractivity contribution in [2.45, 2.75) is 65.2 Å². The number of aliphatic carboxylic acids is 1. The van der Waals surface area contributed by atoms with Crippen LogP contribution in [-0.4, -0.2) is 23.5 Å². The van der Waals surface area contributed by atoms with Gasteiger partial charge in [-0.2, -0.15) is 0 Å². The number of hydrogen-bond acceptors (Lipinski definition) is 3. The third kappa shape index (κ3) is 10.00. The van der Waals surface area contributed by atoms with Crippen LogP contribution < -0.4 is 4.74 Å². The van der Waals surface area contributed by atoms with Crippen LogP contribution in [0.5, 0.6) is 5.75 Å². The highest BCUT2D eigenvalue weighted by Crippen LogP contribution is 2.23. The molecule has 1 aromatic carbocycles. The van der Waals surface area contributed by atoms with Gasteiger partial charge in [0, 0.05) is 12.8 Å². The molecule has 0 aromatic heterocycles. The fourth-order valence-electron chi connectivity index (χ4n) is 3.20. The number of hydrogen-bond donors (Lipinski definition) is 1. The number of ether oxygens (including phenoxy) is 1. The predicted octanol–water partition coefficient (Wildman–Crippen LogP) is 6.25. The Morgan fingerprint density at radius 1 is 1.26 bits per heavy atom. The molecule has 0 saturated carbocycles. The predicted molar refractivity (Wildman–Crippen MR) is 126 cm³/mol. The molecule has 1 N–H and O–H groups in total. The standard InChI is InChI=1S/C25H28O4.C2H6/c1-3-6-22(17-25(27)28)21-11-15-24(16-12-21)29-18-19(4-2)7-5-8-20-9-13-23(26)14-10-20;1-2/h4,7,9,11-12,15-16,22H,2,5,8,10,13-14,17-18H2,1H3,(H,27,28);1-2H3/b19-7+;. The molecule has 0 heterocycles. The quantitative estimate of drug-likeness (QED) is 0.275. The maximum absolute atomic E-state index is 11.3. The first-order chi connectivity index (χ1) is 15.0. The molecule has 0 amide bonds. The Balaban J connectivity index is 0.00000233. The van der Waals surface area contributed by atoms with E-state index in [4.69, 9.17) is 9.84 Å². The summed E-state index contributed by atoms with van der Waals surface area (Å²) < 4.78 is 5.84. The van der Waals surface area contributed by atoms with Gasteiger partial charge in [0.15, 0.2) is 0 Å². The second-order valence-corrected chi connectivity index (χ2v) is 7.03. The highest BCUT2D eigenvalue weighted by atomic mass is 16.5. The average molecular weight is 423 g/mol. The summed E-state index contributed by atoms with van der Waals surface area (Å²) in [5, 5.41) is 9.04. The smallest absolute Gasteiger partial charge is 0.304 e. The van der Waals surface area contributed by atoms with E-state index in [1.165, 1.54) is 5.57 Å². The lowest BCUT2D eigenvalue weighted by molar-refractivity contribution is -0.137. The van der Waals surface area contributed by atoms with Crippen LogP contribution in [0.3, 0.4) is 0 Å². The van der Waals surface area contributed by atoms with Gasteiger partial charge in [0.05, 0.1) is 12.3 Å². The first-order valence-corrected chi connectivity index (χ1v) is 10.9. The van der Waals surface area contributed by atoms with E-state index < -0.39 is 5.97 Å². The Bertz CT molecular complexity index is 847. The Hall–Kier alpha value is -3.06. The van der Waals surface area contributed by atoms with Crippen molar-refractivity contribution in [3.05, 3.63) is 65.8 Å². The van der Waals surface area contributed by atoms with E-state index in [9.17, 15) is 9.59 Å². The van der Waals surface area contributed by atoms with Gasteiger partial charge >= 0.3 is 5.97 Å². The number of rotatable bonds is 10. The second-order valence-electron chi connectivity index (χ2n) is 7.03. The number of Topliss-reactive ketones (excluding diaryl/α,β-unsaturated/α-hetero) is 1. The lowest BCUT2D eigenvalue weighted by Crippen LogP contribution is -2.05. The molecular formula is C27H34O4. The fraction of sp³-hybridized carbons (Fsp3) is 0.407. The van der Waals surface area contributed by atoms with Crippen LogP contribution in [0.15, 0.2) is 60.2 Å². The third-order valence-corrected chi connectivity index (χ3v) is 4.86. The summed E-state index contributed by atoms with van der Waals surface area (Å²) in [4.78, 5) is 22.3. The minimum Gasteiger partial charge on any atom is -0.489 e. The van der Waals surface area contributed by atoms with Crippen molar-refractivity contribution >= 4 is 11.8 Å². The fourth-order valence-corrected chi connectivity index (χ4v) is 3.20. The van der Waals surface area contributed by atoms with Gasteiger partial charge in [0.25, 0.3) is 0 Å². The van der Waals surface area contributed by atoms with Crippen molar-refractivity contribution in [3.63, 3.8) is 0 Å². The lowest BCUT2D eigenvalue weighted by atomic mass is 9.95. The molecule has 1 aromatic rings. The first-order valence-electron chi connectivity index (χ1n) is 10.9. The molecule has 1 aliphatic carbocycles. The van der Waals surface area contributed by atoms with Gasteiger partial charge in [-0.15, -0.1) is 5.92 Å². The minimum atomic E-state index is -0.866. The number of allylic oxidation sites excluding steroid dienone is 3. The molecule has 1 unspecified atom stereocenters. The molecule has 1 atom stereocenters. The molecule has 166 valence electrons. The largest absolute Gasteiger partial charge is 0.489 e. The van der Waals surface area contributed by atoms with Crippen molar-refractivity contribution in [2.75, 3.05) is 6.61 Å². The highest BCUT2D eigenvalue weighted by molar-refractivity contribution is 5.81. The van der Waals surface area contributed by atoms with E-state index >= 15 is 0 Å². The van der Waals surface area contributed by atoms with Crippen molar-refractivity contribution in [2.24, 2.45) is 0 Å². The van der Waals surface area contributed by atoms with E-state index in [0.717, 1.165) is 30.4 Å². The van der Waals surface area contributed by atoms with Crippen molar-refractivity contribution in [1.82, 2.24) is 0 Å². The molecule has 0 fully saturated rings. The number of carboxylic acids is 1. The molecule has 4 nitrogen and oxygen atoms in total. The summed E-state index contributed by atoms with van der Waals surface area (Å²) in [5.41, 5.74) is 3.24. The molecule has 1 aliphatic rings. The zero-order chi connectivity index (χ0) is 23.1. The molecule has 4 heteroatoms. The number of benzene rings is 1. The zero-order valence-corrected chi connectivity index (χ0v) is 18.9. The van der Waals surface area contributed by atoms with Gasteiger partial charge in [0.1, 0.15) is 18.1 Å². The number of carboxylic acid groups (broad SMARTS) is 1. The first kappa shape index (κ1) is 26.0. The van der Waals surface area contributed by atoms with Crippen LogP contribution in [0.2, 0.25) is 0 Å². The molecule has 0 radical (unpaired) electrons. The summed E-state index contributed by atoms with van der Waals surface area (Å²) in [6, 6.07) is 7.40. The SMILES string of the molecule is C=C/C(=C\CCC1=CCC(=O)CC1)COc1ccc(C(C#CC)CC(=O)O)cc1.CC. The Kier molecular flexibility index (Phi) is 12.4. The molecule has 0 aliphatic heterocycles. The van der Waals surface area contributed by atoms with Crippen LogP contribution in [-0.2, 0) is 9.59 Å². The highest BCUT2D eigenvalue weighted by Gasteiger charge is 2.13. The number of ketones is 1. The summed E-state index contributed by atoms with van der Waals surface area (Å²) in [6.45, 7) is 9.99. The van der Waals surface area contributed by atoms with Gasteiger partial charge in [-0.25, -0.2) is 0 Å². The van der Waals surface area contributed by atoms with E-state index in [1.807, 2.05) is 38.1 Å². The monoisotopic (exact) mass is 422 g/mol. The normalized spacial score (nSPS) is 14.2. The Morgan fingerprint density at radius 2 is 1.97 bits per heavy atom. The van der Waals surface area contributed by atoms with Crippen LogP contribution in [0.1, 0.15) is 70.8 Å². The van der Waals surface area contributed by atoms with Crippen LogP contribution >= 0.6 is 0 Å². The van der Waals surface area contributed by atoms with Gasteiger partial charge in [-0.3, -0.25) is 9.59 Å². The zero-order valence-electron chi connectivity index (χ0n) is 18.9. The second kappa shape index (κ2) is 14.8. The summed E-state index contributed by atoms with van der Waals surface area (Å²) in [6.07, 6.45) is 9.94. The van der Waals surface area contributed by atoms with Crippen LogP contribution in [0, 0.1) is 11.8 Å². The van der Waals surface area contributed by atoms with E-state index in [2.05, 4.69) is 30.6 Å². The van der Waals surface area contributed by atoms with Gasteiger partial charge in [0.2, 0.25) is 0 Å². The molecular weight excluding hydrogens is 388 g/mol. The summed E-state index contributed by atoms with van der Waals surface area (Å²) >= 11 is 0. The maximum atomic E-state index is 11.3. The molecule has 0 bridgehead atoms. The van der Waals surface area contributed by atoms with Crippen molar-refractivity contribution in [1.29, 1.82) is 0 Å². The van der Waals surface area contributed by atoms with Crippen molar-refractivity contribution in [3.8, 4) is 17.6 Å². The van der Waals surface area contributed by atoms with Gasteiger partial charge in [-0.05, 0) is 49.5 Å². The topological polar surface area (TPSA) is 63.6 Å². The lowest BCUT2D eigenvalue weighted by Gasteiger charge is -2.12. The number of carbonyl (C=O) groups is 2. The Labute approximate surface area is 186 Å². The Morgan fingerprint density at radius 3 is 2.52 bits per heavy atom. The molecule has 0 saturated heterocycles. The van der Waals surface area contributed by atoms with E-state index in [1.54, 1.807) is 13.0 Å². The third-order valence-electron chi connectivity index (χ3n) is 4.86. The van der Waals surface area contributed by atoms with Crippen LogP contribution in [0.4, 0.5) is 0 Å². The van der Waals surface area contributed by atoms with E-state index in [-0.39, 0.29) is 12.3 Å². The summed E-state index contributed by atoms with van der Waals surface area (Å²) in [7, 11) is 0. The molecule has 31 heavy (non-hydrogen) atoms. The average Bonchev–Trinajstić information content (AvgIpc) is 2.78. The number of carbonyl (C=O) groups excluding carboxylic acids is 1. The van der Waals surface area contributed by atoms with Crippen LogP contribution in [0.25, 0.3) is 0 Å². The molecule has 2 rings (SSSR count).